The number of piperazine rings is 1. The molecule has 3 aromatic rings. The molecule has 1 aromatic carbocycles. The lowest BCUT2D eigenvalue weighted by Crippen LogP contribution is -2.54. The highest BCUT2D eigenvalue weighted by Gasteiger charge is 2.36. The molecule has 0 radical (unpaired) electrons. The molecule has 46 heavy (non-hydrogen) atoms. The molecule has 3 atom stereocenters. The first-order valence-electron chi connectivity index (χ1n) is 14.7. The quantitative estimate of drug-likeness (QED) is 0.169. The number of carbonyl (C=O) groups is 1. The Morgan fingerprint density at radius 2 is 1.89 bits per heavy atom. The molecule has 0 spiro atoms. The molecule has 1 fully saturated rings. The number of aromatic nitrogens is 2. The number of rotatable bonds is 5. The minimum Gasteiger partial charge on any atom is -0.505 e. The smallest absolute Gasteiger partial charge is 0.272 e. The van der Waals surface area contributed by atoms with Gasteiger partial charge in [0.15, 0.2) is 11.6 Å². The summed E-state index contributed by atoms with van der Waals surface area (Å²) in [6.07, 6.45) is 1.94. The predicted octanol–water partition coefficient (Wildman–Crippen LogP) is 7.29. The summed E-state index contributed by atoms with van der Waals surface area (Å²) in [5, 5.41) is 19.8. The number of hydrogen-bond donors (Lipinski definition) is 1. The van der Waals surface area contributed by atoms with E-state index in [1.165, 1.54) is 16.7 Å². The van der Waals surface area contributed by atoms with E-state index in [9.17, 15) is 20.0 Å². The number of nitriles is 1. The van der Waals surface area contributed by atoms with Crippen molar-refractivity contribution in [3.8, 4) is 23.1 Å². The fourth-order valence-electron chi connectivity index (χ4n) is 6.44. The maximum absolute atomic E-state index is 15.0. The Hall–Kier alpha value is -3.36. The van der Waals surface area contributed by atoms with Gasteiger partial charge in [0.25, 0.3) is 5.56 Å². The molecule has 9 nitrogen and oxygen atoms in total. The third-order valence-electron chi connectivity index (χ3n) is 8.69. The summed E-state index contributed by atoms with van der Waals surface area (Å²) in [5.41, 5.74) is 0.224. The summed E-state index contributed by atoms with van der Waals surface area (Å²) >= 11 is 25.6. The zero-order valence-electron chi connectivity index (χ0n) is 25.5. The van der Waals surface area contributed by atoms with Crippen LogP contribution in [0.15, 0.2) is 28.5 Å². The van der Waals surface area contributed by atoms with Gasteiger partial charge < -0.3 is 14.9 Å². The lowest BCUT2D eigenvalue weighted by atomic mass is 9.85. The predicted molar refractivity (Wildman–Crippen MR) is 181 cm³/mol. The van der Waals surface area contributed by atoms with E-state index in [1.54, 1.807) is 4.90 Å². The van der Waals surface area contributed by atoms with E-state index in [4.69, 9.17) is 56.4 Å². The van der Waals surface area contributed by atoms with Crippen molar-refractivity contribution >= 4 is 74.7 Å². The van der Waals surface area contributed by atoms with Crippen molar-refractivity contribution in [2.24, 2.45) is 16.8 Å². The lowest BCUT2D eigenvalue weighted by molar-refractivity contribution is -0.128. The van der Waals surface area contributed by atoms with Crippen molar-refractivity contribution in [1.29, 1.82) is 5.26 Å². The molecule has 5 rings (SSSR count). The van der Waals surface area contributed by atoms with E-state index >= 15 is 4.39 Å². The van der Waals surface area contributed by atoms with Crippen LogP contribution in [0.1, 0.15) is 45.7 Å². The van der Waals surface area contributed by atoms with Gasteiger partial charge in [0.1, 0.15) is 22.3 Å². The van der Waals surface area contributed by atoms with Crippen molar-refractivity contribution in [3.05, 3.63) is 60.5 Å². The summed E-state index contributed by atoms with van der Waals surface area (Å²) in [7, 11) is 0. The Kier molecular flexibility index (Phi) is 9.63. The maximum atomic E-state index is 15.0. The average molecular weight is 708 g/mol. The monoisotopic (exact) mass is 706 g/mol. The zero-order valence-corrected chi connectivity index (χ0v) is 28.6. The van der Waals surface area contributed by atoms with Gasteiger partial charge in [-0.15, -0.1) is 0 Å². The molecule has 2 aliphatic heterocycles. The molecular formula is C32H31Cl4FN6O3. The van der Waals surface area contributed by atoms with E-state index in [1.807, 2.05) is 32.6 Å². The number of pyridine rings is 2. The van der Waals surface area contributed by atoms with Crippen molar-refractivity contribution in [2.75, 3.05) is 31.1 Å². The molecule has 1 amide bonds. The van der Waals surface area contributed by atoms with Crippen molar-refractivity contribution in [2.45, 2.75) is 46.2 Å². The maximum Gasteiger partial charge on any atom is 0.272 e. The number of nitrogens with zero attached hydrogens (tertiary/aromatic N) is 6. The molecule has 2 aromatic heterocycles. The van der Waals surface area contributed by atoms with E-state index in [2.05, 4.69) is 12.6 Å². The second kappa shape index (κ2) is 13.0. The van der Waals surface area contributed by atoms with Crippen LogP contribution in [-0.4, -0.2) is 63.4 Å². The van der Waals surface area contributed by atoms with Gasteiger partial charge >= 0.3 is 0 Å². The van der Waals surface area contributed by atoms with Crippen LogP contribution in [0, 0.1) is 29.0 Å². The first-order valence-corrected chi connectivity index (χ1v) is 16.2. The lowest BCUT2D eigenvalue weighted by Gasteiger charge is -2.41. The molecule has 2 unspecified atom stereocenters. The number of aliphatic imine (C=N–C) groups is 1. The molecule has 1 saturated heterocycles. The van der Waals surface area contributed by atoms with Crippen molar-refractivity contribution in [3.63, 3.8) is 0 Å². The highest BCUT2D eigenvalue weighted by Crippen LogP contribution is 2.48. The van der Waals surface area contributed by atoms with Gasteiger partial charge in [-0.1, -0.05) is 73.8 Å². The van der Waals surface area contributed by atoms with Gasteiger partial charge in [0, 0.05) is 48.9 Å². The molecule has 14 heteroatoms. The van der Waals surface area contributed by atoms with Crippen LogP contribution in [0.5, 0.6) is 5.75 Å². The minimum atomic E-state index is -1.12. The number of hydrogen-bond acceptors (Lipinski definition) is 7. The van der Waals surface area contributed by atoms with Gasteiger partial charge in [0.2, 0.25) is 5.91 Å². The number of carbonyl (C=O) groups excluding carboxylic acids is 1. The second-order valence-corrected chi connectivity index (χ2v) is 13.4. The largest absolute Gasteiger partial charge is 0.505 e. The number of benzene rings is 1. The van der Waals surface area contributed by atoms with Gasteiger partial charge in [-0.3, -0.25) is 19.1 Å². The van der Waals surface area contributed by atoms with E-state index < -0.39 is 33.2 Å². The van der Waals surface area contributed by atoms with Crippen LogP contribution in [0.25, 0.3) is 22.3 Å². The van der Waals surface area contributed by atoms with Crippen molar-refractivity contribution in [1.82, 2.24) is 14.5 Å². The number of phenols is 1. The Labute approximate surface area is 285 Å². The zero-order chi connectivity index (χ0) is 33.8. The normalized spacial score (nSPS) is 20.2. The van der Waals surface area contributed by atoms with E-state index in [-0.39, 0.29) is 56.3 Å². The Balaban J connectivity index is 1.89. The Morgan fingerprint density at radius 1 is 1.20 bits per heavy atom. The summed E-state index contributed by atoms with van der Waals surface area (Å²) in [6, 6.07) is 2.83. The number of anilines is 1. The van der Waals surface area contributed by atoms with E-state index in [0.29, 0.717) is 43.7 Å². The van der Waals surface area contributed by atoms with Crippen molar-refractivity contribution < 1.29 is 14.3 Å². The molecule has 1 N–H and O–H groups in total. The Bertz CT molecular complexity index is 1890. The van der Waals surface area contributed by atoms with Gasteiger partial charge in [-0.2, -0.15) is 5.26 Å². The first-order chi connectivity index (χ1) is 21.7. The summed E-state index contributed by atoms with van der Waals surface area (Å²) in [4.78, 5) is 40.1. The third-order valence-corrected chi connectivity index (χ3v) is 10.0. The molecule has 0 bridgehead atoms. The summed E-state index contributed by atoms with van der Waals surface area (Å²) in [6.45, 7) is 12.9. The Morgan fingerprint density at radius 3 is 2.50 bits per heavy atom. The summed E-state index contributed by atoms with van der Waals surface area (Å²) < 4.78 is 16.5. The fraction of sp³-hybridized carbons (Fsp3) is 0.406. The number of halogens is 5. The second-order valence-electron chi connectivity index (χ2n) is 11.9. The number of fused-ring (bicyclic) bond motifs is 1. The fourth-order valence-corrected chi connectivity index (χ4v) is 7.57. The standard InChI is InChI=1S/C32H31Cl4FN6O3/c1-6-20(44)42-10-9-41(13-16(42)5)29-17-11-19(33)27(21-22(34)25(37)24(36)30(45)23(21)35)40-31(17)43(32(46)18(29)12-38)28-15(4)7-8-39-26(28)14(2)3/h6,11,14-16,28,45H,1,7-10,13H2,2-5H3/t15?,16-,28?/m1/s1. The van der Waals surface area contributed by atoms with Gasteiger partial charge in [-0.05, 0) is 37.3 Å². The SMILES string of the molecule is C=CC(=O)N1CCN(c2c(C#N)c(=O)n(C3C(C(C)C)=NCCC3C)c3nc(-c4c(Cl)c(O)c(Cl)c(F)c4Cl)c(Cl)cc23)C[C@H]1C. The van der Waals surface area contributed by atoms with Crippen LogP contribution < -0.4 is 10.5 Å². The molecular weight excluding hydrogens is 677 g/mol. The topological polar surface area (TPSA) is 115 Å². The van der Waals surface area contributed by atoms with Crippen LogP contribution in [-0.2, 0) is 4.79 Å². The number of amides is 1. The van der Waals surface area contributed by atoms with Crippen LogP contribution in [0.4, 0.5) is 10.1 Å². The number of phenolic OH excluding ortho intramolecular Hbond substituents is 1. The number of aromatic hydroxyl groups is 1. The molecule has 0 saturated carbocycles. The molecule has 0 aliphatic carbocycles. The summed E-state index contributed by atoms with van der Waals surface area (Å²) in [5.74, 6) is -2.18. The van der Waals surface area contributed by atoms with Crippen LogP contribution in [0.3, 0.4) is 0 Å². The highest BCUT2D eigenvalue weighted by atomic mass is 35.5. The third kappa shape index (κ3) is 5.51. The minimum absolute atomic E-state index is 0.0317. The first kappa shape index (κ1) is 34.0. The highest BCUT2D eigenvalue weighted by molar-refractivity contribution is 6.44. The van der Waals surface area contributed by atoms with Gasteiger partial charge in [-0.25, -0.2) is 9.37 Å². The molecule has 4 heterocycles. The molecule has 242 valence electrons. The van der Waals surface area contributed by atoms with Crippen LogP contribution >= 0.6 is 46.4 Å². The molecule has 2 aliphatic rings. The van der Waals surface area contributed by atoms with Gasteiger partial charge in [0.05, 0.1) is 32.5 Å². The van der Waals surface area contributed by atoms with E-state index in [0.717, 1.165) is 5.71 Å². The van der Waals surface area contributed by atoms with Crippen LogP contribution in [0.2, 0.25) is 20.1 Å². The average Bonchev–Trinajstić information content (AvgIpc) is 3.02.